The lowest BCUT2D eigenvalue weighted by Gasteiger charge is -2.21. The van der Waals surface area contributed by atoms with Gasteiger partial charge in [-0.15, -0.1) is 11.3 Å². The van der Waals surface area contributed by atoms with E-state index in [1.807, 2.05) is 17.5 Å². The number of ether oxygens (including phenoxy) is 2. The van der Waals surface area contributed by atoms with Crippen molar-refractivity contribution < 1.29 is 14.3 Å². The Morgan fingerprint density at radius 3 is 3.31 bits per heavy atom. The minimum atomic E-state index is -0.294. The van der Waals surface area contributed by atoms with Crippen molar-refractivity contribution in [2.45, 2.75) is 12.5 Å². The molecule has 1 saturated heterocycles. The summed E-state index contributed by atoms with van der Waals surface area (Å²) in [7, 11) is 0. The number of esters is 1. The van der Waals surface area contributed by atoms with E-state index in [1.54, 1.807) is 11.3 Å². The van der Waals surface area contributed by atoms with E-state index in [-0.39, 0.29) is 12.0 Å². The van der Waals surface area contributed by atoms with Crippen LogP contribution in [0.15, 0.2) is 17.5 Å². The summed E-state index contributed by atoms with van der Waals surface area (Å²) >= 11 is 1.68. The molecular formula is C11H15NO3S. The normalized spacial score (nSPS) is 20.6. The second kappa shape index (κ2) is 5.98. The van der Waals surface area contributed by atoms with Crippen molar-refractivity contribution in [3.63, 3.8) is 0 Å². The molecule has 2 rings (SSSR count). The van der Waals surface area contributed by atoms with Gasteiger partial charge in [-0.1, -0.05) is 6.07 Å². The number of morpholine rings is 1. The molecule has 0 amide bonds. The molecule has 0 saturated carbocycles. The fourth-order valence-electron chi connectivity index (χ4n) is 1.52. The summed E-state index contributed by atoms with van der Waals surface area (Å²) < 4.78 is 10.4. The van der Waals surface area contributed by atoms with Gasteiger partial charge in [0.2, 0.25) is 0 Å². The summed E-state index contributed by atoms with van der Waals surface area (Å²) in [5.74, 6) is -0.212. The van der Waals surface area contributed by atoms with Crippen molar-refractivity contribution in [2.24, 2.45) is 0 Å². The fraction of sp³-hybridized carbons (Fsp3) is 0.545. The molecule has 16 heavy (non-hydrogen) atoms. The average Bonchev–Trinajstić information content (AvgIpc) is 2.83. The second-order valence-electron chi connectivity index (χ2n) is 3.58. The molecule has 1 N–H and O–H groups in total. The molecule has 5 heteroatoms. The van der Waals surface area contributed by atoms with Gasteiger partial charge in [-0.2, -0.15) is 0 Å². The minimum absolute atomic E-state index is 0.212. The van der Waals surface area contributed by atoms with Crippen LogP contribution in [0.2, 0.25) is 0 Å². The van der Waals surface area contributed by atoms with Gasteiger partial charge in [0.05, 0.1) is 19.8 Å². The highest BCUT2D eigenvalue weighted by Crippen LogP contribution is 2.09. The Hall–Kier alpha value is -0.910. The summed E-state index contributed by atoms with van der Waals surface area (Å²) in [6.45, 7) is 2.24. The highest BCUT2D eigenvalue weighted by Gasteiger charge is 2.22. The summed E-state index contributed by atoms with van der Waals surface area (Å²) in [6.07, 6.45) is 0.789. The molecule has 0 radical (unpaired) electrons. The number of rotatable bonds is 4. The van der Waals surface area contributed by atoms with Crippen LogP contribution in [0.1, 0.15) is 4.88 Å². The van der Waals surface area contributed by atoms with Crippen molar-refractivity contribution in [1.29, 1.82) is 0 Å². The Balaban J connectivity index is 1.67. The van der Waals surface area contributed by atoms with E-state index < -0.39 is 0 Å². The number of carbonyl (C=O) groups is 1. The molecule has 88 valence electrons. The van der Waals surface area contributed by atoms with Crippen LogP contribution in [-0.2, 0) is 20.7 Å². The van der Waals surface area contributed by atoms with Gasteiger partial charge >= 0.3 is 5.97 Å². The highest BCUT2D eigenvalue weighted by atomic mass is 32.1. The minimum Gasteiger partial charge on any atom is -0.464 e. The molecule has 1 aromatic rings. The van der Waals surface area contributed by atoms with Crippen LogP contribution in [0, 0.1) is 0 Å². The van der Waals surface area contributed by atoms with Gasteiger partial charge in [-0.3, -0.25) is 4.79 Å². The van der Waals surface area contributed by atoms with Gasteiger partial charge in [-0.05, 0) is 11.4 Å². The zero-order valence-corrected chi connectivity index (χ0v) is 9.79. The maximum Gasteiger partial charge on any atom is 0.325 e. The van der Waals surface area contributed by atoms with Crippen molar-refractivity contribution in [3.8, 4) is 0 Å². The Labute approximate surface area is 98.6 Å². The number of thiophene rings is 1. The first-order chi connectivity index (χ1) is 7.86. The van der Waals surface area contributed by atoms with Crippen LogP contribution >= 0.6 is 11.3 Å². The van der Waals surface area contributed by atoms with Gasteiger partial charge < -0.3 is 14.8 Å². The van der Waals surface area contributed by atoms with E-state index in [0.717, 1.165) is 6.42 Å². The fourth-order valence-corrected chi connectivity index (χ4v) is 2.21. The van der Waals surface area contributed by atoms with Crippen LogP contribution < -0.4 is 5.32 Å². The Morgan fingerprint density at radius 1 is 1.69 bits per heavy atom. The molecule has 0 bridgehead atoms. The van der Waals surface area contributed by atoms with Gasteiger partial charge in [0.1, 0.15) is 6.04 Å². The third kappa shape index (κ3) is 3.30. The first-order valence-corrected chi connectivity index (χ1v) is 6.24. The number of nitrogens with one attached hydrogen (secondary N) is 1. The first kappa shape index (κ1) is 11.6. The SMILES string of the molecule is O=C(OCCc1cccs1)C1COCCN1. The van der Waals surface area contributed by atoms with Crippen LogP contribution in [0.25, 0.3) is 0 Å². The monoisotopic (exact) mass is 241 g/mol. The third-order valence-corrected chi connectivity index (χ3v) is 3.32. The van der Waals surface area contributed by atoms with Crippen LogP contribution in [0.3, 0.4) is 0 Å². The molecular weight excluding hydrogens is 226 g/mol. The number of hydrogen-bond donors (Lipinski definition) is 1. The maximum absolute atomic E-state index is 11.6. The zero-order valence-electron chi connectivity index (χ0n) is 8.98. The van der Waals surface area contributed by atoms with E-state index >= 15 is 0 Å². The lowest BCUT2D eigenvalue weighted by molar-refractivity contribution is -0.149. The van der Waals surface area contributed by atoms with Gasteiger partial charge in [0.25, 0.3) is 0 Å². The van der Waals surface area contributed by atoms with Crippen LogP contribution in [0.4, 0.5) is 0 Å². The maximum atomic E-state index is 11.6. The summed E-state index contributed by atoms with van der Waals surface area (Å²) in [4.78, 5) is 12.8. The molecule has 1 aliphatic rings. The molecule has 0 aliphatic carbocycles. The van der Waals surface area contributed by atoms with Crippen molar-refractivity contribution in [1.82, 2.24) is 5.32 Å². The second-order valence-corrected chi connectivity index (χ2v) is 4.61. The molecule has 2 heterocycles. The molecule has 1 aromatic heterocycles. The number of carbonyl (C=O) groups excluding carboxylic acids is 1. The molecule has 4 nitrogen and oxygen atoms in total. The van der Waals surface area contributed by atoms with E-state index in [4.69, 9.17) is 9.47 Å². The van der Waals surface area contributed by atoms with Crippen LogP contribution in [-0.4, -0.2) is 38.4 Å². The smallest absolute Gasteiger partial charge is 0.325 e. The molecule has 1 atom stereocenters. The Bertz CT molecular complexity index is 320. The zero-order chi connectivity index (χ0) is 11.2. The summed E-state index contributed by atoms with van der Waals surface area (Å²) in [5.41, 5.74) is 0. The summed E-state index contributed by atoms with van der Waals surface area (Å²) in [6, 6.07) is 3.75. The van der Waals surface area contributed by atoms with Crippen LogP contribution in [0.5, 0.6) is 0 Å². The first-order valence-electron chi connectivity index (χ1n) is 5.36. The third-order valence-electron chi connectivity index (χ3n) is 2.38. The Kier molecular flexibility index (Phi) is 4.33. The lowest BCUT2D eigenvalue weighted by atomic mass is 10.3. The van der Waals surface area contributed by atoms with Gasteiger partial charge in [0.15, 0.2) is 0 Å². The largest absolute Gasteiger partial charge is 0.464 e. The highest BCUT2D eigenvalue weighted by molar-refractivity contribution is 7.09. The van der Waals surface area contributed by atoms with Gasteiger partial charge in [-0.25, -0.2) is 0 Å². The molecule has 1 unspecified atom stereocenters. The van der Waals surface area contributed by atoms with Crippen molar-refractivity contribution in [2.75, 3.05) is 26.4 Å². The van der Waals surface area contributed by atoms with Crippen molar-refractivity contribution in [3.05, 3.63) is 22.4 Å². The predicted molar refractivity (Wildman–Crippen MR) is 61.6 cm³/mol. The standard InChI is InChI=1S/C11H15NO3S/c13-11(10-8-14-6-4-12-10)15-5-3-9-2-1-7-16-9/h1-2,7,10,12H,3-6,8H2. The average molecular weight is 241 g/mol. The molecule has 1 fully saturated rings. The molecule has 0 aromatic carbocycles. The van der Waals surface area contributed by atoms with Crippen molar-refractivity contribution >= 4 is 17.3 Å². The van der Waals surface area contributed by atoms with Gasteiger partial charge in [0, 0.05) is 17.8 Å². The van der Waals surface area contributed by atoms with E-state index in [9.17, 15) is 4.79 Å². The van der Waals surface area contributed by atoms with E-state index in [1.165, 1.54) is 4.88 Å². The van der Waals surface area contributed by atoms with E-state index in [2.05, 4.69) is 5.32 Å². The quantitative estimate of drug-likeness (QED) is 0.793. The Morgan fingerprint density at radius 2 is 2.62 bits per heavy atom. The van der Waals surface area contributed by atoms with E-state index in [0.29, 0.717) is 26.4 Å². The molecule has 1 aliphatic heterocycles. The molecule has 0 spiro atoms. The lowest BCUT2D eigenvalue weighted by Crippen LogP contribution is -2.47. The topological polar surface area (TPSA) is 47.6 Å². The number of hydrogen-bond acceptors (Lipinski definition) is 5. The predicted octanol–water partition coefficient (Wildman–Crippen LogP) is 0.822. The summed E-state index contributed by atoms with van der Waals surface area (Å²) in [5, 5.41) is 5.09.